The first-order valence-electron chi connectivity index (χ1n) is 7.25. The van der Waals surface area contributed by atoms with Crippen molar-refractivity contribution in [3.63, 3.8) is 0 Å². The Hall–Kier alpha value is -2.57. The molecule has 1 aromatic rings. The summed E-state index contributed by atoms with van der Waals surface area (Å²) in [5.74, 6) is 0.548. The van der Waals surface area contributed by atoms with E-state index in [4.69, 9.17) is 4.74 Å². The summed E-state index contributed by atoms with van der Waals surface area (Å²) in [7, 11) is 0. The van der Waals surface area contributed by atoms with Gasteiger partial charge in [-0.2, -0.15) is 0 Å². The lowest BCUT2D eigenvalue weighted by Crippen LogP contribution is -2.45. The average Bonchev–Trinajstić information content (AvgIpc) is 2.51. The number of ether oxygens (including phenoxy) is 1. The molecule has 0 unspecified atom stereocenters. The fourth-order valence-corrected chi connectivity index (χ4v) is 2.38. The normalized spacial score (nSPS) is 17.7. The van der Waals surface area contributed by atoms with E-state index >= 15 is 0 Å². The van der Waals surface area contributed by atoms with E-state index in [1.54, 1.807) is 31.2 Å². The van der Waals surface area contributed by atoms with Gasteiger partial charge in [0.1, 0.15) is 5.75 Å². The number of allylic oxidation sites excluding steroid dienone is 1. The first-order valence-corrected chi connectivity index (χ1v) is 7.25. The highest BCUT2D eigenvalue weighted by Gasteiger charge is 2.37. The van der Waals surface area contributed by atoms with Crippen molar-refractivity contribution in [1.82, 2.24) is 10.6 Å². The lowest BCUT2D eigenvalue weighted by Gasteiger charge is -2.25. The highest BCUT2D eigenvalue weighted by atomic mass is 16.6. The third-order valence-corrected chi connectivity index (χ3v) is 3.36. The SMILES string of the molecule is CCCOc1ccccc1[C@H]1NC(=O)NC(CC)=C1[N+](=O)[O-]. The maximum atomic E-state index is 11.8. The van der Waals surface area contributed by atoms with Crippen LogP contribution in [0.3, 0.4) is 0 Å². The molecule has 0 saturated heterocycles. The van der Waals surface area contributed by atoms with Crippen molar-refractivity contribution < 1.29 is 14.5 Å². The third kappa shape index (κ3) is 3.19. The van der Waals surface area contributed by atoms with Crippen molar-refractivity contribution in [2.45, 2.75) is 32.7 Å². The summed E-state index contributed by atoms with van der Waals surface area (Å²) in [6.07, 6.45) is 1.20. The molecule has 0 aromatic heterocycles. The van der Waals surface area contributed by atoms with Gasteiger partial charge >= 0.3 is 6.03 Å². The molecule has 2 N–H and O–H groups in total. The van der Waals surface area contributed by atoms with Crippen LogP contribution in [-0.4, -0.2) is 17.6 Å². The Morgan fingerprint density at radius 1 is 1.32 bits per heavy atom. The van der Waals surface area contributed by atoms with Crippen LogP contribution in [0.15, 0.2) is 35.7 Å². The molecule has 7 heteroatoms. The van der Waals surface area contributed by atoms with Crippen molar-refractivity contribution in [2.24, 2.45) is 0 Å². The maximum Gasteiger partial charge on any atom is 0.320 e. The molecule has 0 spiro atoms. The molecule has 0 aliphatic carbocycles. The summed E-state index contributed by atoms with van der Waals surface area (Å²) in [5, 5.41) is 16.6. The monoisotopic (exact) mass is 305 g/mol. The van der Waals surface area contributed by atoms with Crippen LogP contribution in [0.25, 0.3) is 0 Å². The topological polar surface area (TPSA) is 93.5 Å². The number of nitrogens with one attached hydrogen (secondary N) is 2. The predicted octanol–water partition coefficient (Wildman–Crippen LogP) is 2.73. The molecule has 0 saturated carbocycles. The minimum atomic E-state index is -0.827. The molecule has 2 rings (SSSR count). The van der Waals surface area contributed by atoms with Gasteiger partial charge in [0.2, 0.25) is 0 Å². The number of amides is 2. The number of nitro groups is 1. The number of hydrogen-bond donors (Lipinski definition) is 2. The van der Waals surface area contributed by atoms with Gasteiger partial charge in [-0.1, -0.05) is 32.0 Å². The van der Waals surface area contributed by atoms with Crippen LogP contribution >= 0.6 is 0 Å². The van der Waals surface area contributed by atoms with Crippen LogP contribution in [0, 0.1) is 10.1 Å². The van der Waals surface area contributed by atoms with Gasteiger partial charge in [-0.05, 0) is 18.9 Å². The van der Waals surface area contributed by atoms with E-state index in [0.29, 0.717) is 30.0 Å². The first kappa shape index (κ1) is 15.8. The van der Waals surface area contributed by atoms with Gasteiger partial charge in [0.15, 0.2) is 6.04 Å². The molecule has 1 aliphatic heterocycles. The highest BCUT2D eigenvalue weighted by molar-refractivity contribution is 5.78. The van der Waals surface area contributed by atoms with E-state index in [9.17, 15) is 14.9 Å². The summed E-state index contributed by atoms with van der Waals surface area (Å²) in [6.45, 7) is 4.25. The zero-order valence-corrected chi connectivity index (χ0v) is 12.6. The lowest BCUT2D eigenvalue weighted by atomic mass is 9.99. The highest BCUT2D eigenvalue weighted by Crippen LogP contribution is 2.33. The van der Waals surface area contributed by atoms with E-state index in [1.807, 2.05) is 6.92 Å². The zero-order chi connectivity index (χ0) is 16.1. The van der Waals surface area contributed by atoms with Gasteiger partial charge in [-0.15, -0.1) is 0 Å². The standard InChI is InChI=1S/C15H19N3O4/c1-3-9-22-12-8-6-5-7-10(12)13-14(18(20)21)11(4-2)16-15(19)17-13/h5-8,13H,3-4,9H2,1-2H3,(H2,16,17,19)/t13-/m1/s1. The second-order valence-electron chi connectivity index (χ2n) is 4.89. The summed E-state index contributed by atoms with van der Waals surface area (Å²) >= 11 is 0. The van der Waals surface area contributed by atoms with Crippen molar-refractivity contribution in [1.29, 1.82) is 0 Å². The second-order valence-corrected chi connectivity index (χ2v) is 4.89. The molecule has 1 aromatic carbocycles. The van der Waals surface area contributed by atoms with Crippen LogP contribution < -0.4 is 15.4 Å². The quantitative estimate of drug-likeness (QED) is 0.624. The molecule has 118 valence electrons. The van der Waals surface area contributed by atoms with Crippen LogP contribution in [0.2, 0.25) is 0 Å². The van der Waals surface area contributed by atoms with Crippen molar-refractivity contribution >= 4 is 6.03 Å². The number of rotatable bonds is 6. The molecule has 1 heterocycles. The first-order chi connectivity index (χ1) is 10.6. The molecule has 0 radical (unpaired) electrons. The minimum absolute atomic E-state index is 0.0466. The second kappa shape index (κ2) is 6.93. The minimum Gasteiger partial charge on any atom is -0.493 e. The van der Waals surface area contributed by atoms with E-state index in [2.05, 4.69) is 10.6 Å². The van der Waals surface area contributed by atoms with Crippen LogP contribution in [-0.2, 0) is 0 Å². The van der Waals surface area contributed by atoms with Gasteiger partial charge in [0, 0.05) is 5.56 Å². The number of benzene rings is 1. The summed E-state index contributed by atoms with van der Waals surface area (Å²) < 4.78 is 5.65. The number of carbonyl (C=O) groups is 1. The van der Waals surface area contributed by atoms with Gasteiger partial charge < -0.3 is 15.4 Å². The van der Waals surface area contributed by atoms with Crippen molar-refractivity contribution in [2.75, 3.05) is 6.61 Å². The van der Waals surface area contributed by atoms with Crippen LogP contribution in [0.4, 0.5) is 4.79 Å². The number of para-hydroxylation sites is 1. The number of nitrogens with zero attached hydrogens (tertiary/aromatic N) is 1. The van der Waals surface area contributed by atoms with Gasteiger partial charge in [0.05, 0.1) is 17.2 Å². The Labute approximate surface area is 128 Å². The van der Waals surface area contributed by atoms with Gasteiger partial charge in [0.25, 0.3) is 5.70 Å². The molecule has 2 amide bonds. The molecular weight excluding hydrogens is 286 g/mol. The lowest BCUT2D eigenvalue weighted by molar-refractivity contribution is -0.433. The van der Waals surface area contributed by atoms with Crippen LogP contribution in [0.1, 0.15) is 38.3 Å². The van der Waals surface area contributed by atoms with E-state index in [1.165, 1.54) is 0 Å². The Bertz CT molecular complexity index is 613. The summed E-state index contributed by atoms with van der Waals surface area (Å²) in [4.78, 5) is 22.8. The molecule has 1 atom stereocenters. The Morgan fingerprint density at radius 3 is 2.68 bits per heavy atom. The zero-order valence-electron chi connectivity index (χ0n) is 12.6. The van der Waals surface area contributed by atoms with E-state index < -0.39 is 17.0 Å². The van der Waals surface area contributed by atoms with Gasteiger partial charge in [-0.25, -0.2) is 4.79 Å². The van der Waals surface area contributed by atoms with E-state index in [0.717, 1.165) is 6.42 Å². The summed E-state index contributed by atoms with van der Waals surface area (Å²) in [6, 6.07) is 5.78. The molecule has 22 heavy (non-hydrogen) atoms. The number of carbonyl (C=O) groups excluding carboxylic acids is 1. The largest absolute Gasteiger partial charge is 0.493 e. The fraction of sp³-hybridized carbons (Fsp3) is 0.400. The Balaban J connectivity index is 2.49. The molecule has 0 bridgehead atoms. The number of hydrogen-bond acceptors (Lipinski definition) is 4. The smallest absolute Gasteiger partial charge is 0.320 e. The Morgan fingerprint density at radius 2 is 2.05 bits per heavy atom. The molecular formula is C15H19N3O4. The molecule has 1 aliphatic rings. The third-order valence-electron chi connectivity index (χ3n) is 3.36. The average molecular weight is 305 g/mol. The Kier molecular flexibility index (Phi) is 4.98. The molecule has 7 nitrogen and oxygen atoms in total. The molecule has 0 fully saturated rings. The predicted molar refractivity (Wildman–Crippen MR) is 80.9 cm³/mol. The van der Waals surface area contributed by atoms with Crippen molar-refractivity contribution in [3.05, 3.63) is 51.3 Å². The van der Waals surface area contributed by atoms with Crippen LogP contribution in [0.5, 0.6) is 5.75 Å². The van der Waals surface area contributed by atoms with Gasteiger partial charge in [-0.3, -0.25) is 10.1 Å². The van der Waals surface area contributed by atoms with E-state index in [-0.39, 0.29) is 5.70 Å². The summed E-state index contributed by atoms with van der Waals surface area (Å²) in [5.41, 5.74) is 0.863. The number of urea groups is 1. The fourth-order valence-electron chi connectivity index (χ4n) is 2.38. The van der Waals surface area contributed by atoms with Crippen molar-refractivity contribution in [3.8, 4) is 5.75 Å². The maximum absolute atomic E-state index is 11.8.